The molecular formula is C17H28BrNO. The third-order valence-electron chi connectivity index (χ3n) is 3.61. The number of rotatable bonds is 10. The fourth-order valence-corrected chi connectivity index (χ4v) is 2.92. The van der Waals surface area contributed by atoms with Gasteiger partial charge in [0.25, 0.3) is 0 Å². The molecule has 1 aromatic rings. The van der Waals surface area contributed by atoms with Gasteiger partial charge in [0.15, 0.2) is 0 Å². The van der Waals surface area contributed by atoms with Gasteiger partial charge in [-0.3, -0.25) is 0 Å². The summed E-state index contributed by atoms with van der Waals surface area (Å²) in [5.41, 5.74) is 1.26. The Morgan fingerprint density at radius 1 is 1.15 bits per heavy atom. The number of hydrogen-bond donors (Lipinski definition) is 1. The molecule has 0 fully saturated rings. The average molecular weight is 342 g/mol. The van der Waals surface area contributed by atoms with Crippen molar-refractivity contribution in [2.75, 3.05) is 13.7 Å². The van der Waals surface area contributed by atoms with E-state index < -0.39 is 0 Å². The zero-order valence-corrected chi connectivity index (χ0v) is 14.6. The third kappa shape index (κ3) is 5.84. The van der Waals surface area contributed by atoms with Gasteiger partial charge in [0, 0.05) is 16.1 Å². The first kappa shape index (κ1) is 17.5. The maximum atomic E-state index is 5.51. The van der Waals surface area contributed by atoms with Crippen LogP contribution in [0.3, 0.4) is 0 Å². The number of benzene rings is 1. The summed E-state index contributed by atoms with van der Waals surface area (Å²) in [7, 11) is 1.75. The summed E-state index contributed by atoms with van der Waals surface area (Å²) in [5.74, 6) is 0.979. The number of methoxy groups -OCH3 is 1. The minimum Gasteiger partial charge on any atom is -0.496 e. The molecule has 0 aliphatic rings. The Morgan fingerprint density at radius 2 is 1.90 bits per heavy atom. The van der Waals surface area contributed by atoms with Gasteiger partial charge in [-0.25, -0.2) is 0 Å². The van der Waals surface area contributed by atoms with E-state index in [1.54, 1.807) is 7.11 Å². The molecule has 0 aliphatic heterocycles. The minimum absolute atomic E-state index is 0.383. The standard InChI is InChI=1S/C17H28BrNO/c1-4-6-7-8-9-10-16(19-5-2)15-13-14(18)11-12-17(15)20-3/h11-13,16,19H,4-10H2,1-3H3. The van der Waals surface area contributed by atoms with Gasteiger partial charge in [0.05, 0.1) is 7.11 Å². The van der Waals surface area contributed by atoms with Crippen LogP contribution in [0.4, 0.5) is 0 Å². The second-order valence-corrected chi connectivity index (χ2v) is 6.12. The molecule has 0 spiro atoms. The number of nitrogens with one attached hydrogen (secondary N) is 1. The van der Waals surface area contributed by atoms with E-state index in [-0.39, 0.29) is 0 Å². The number of unbranched alkanes of at least 4 members (excludes halogenated alkanes) is 4. The quantitative estimate of drug-likeness (QED) is 0.569. The molecule has 0 saturated carbocycles. The molecule has 0 heterocycles. The maximum absolute atomic E-state index is 5.51. The van der Waals surface area contributed by atoms with Gasteiger partial charge in [-0.15, -0.1) is 0 Å². The van der Waals surface area contributed by atoms with Crippen LogP contribution in [0.15, 0.2) is 22.7 Å². The largest absolute Gasteiger partial charge is 0.496 e. The lowest BCUT2D eigenvalue weighted by molar-refractivity contribution is 0.393. The van der Waals surface area contributed by atoms with Crippen molar-refractivity contribution in [3.05, 3.63) is 28.2 Å². The summed E-state index contributed by atoms with van der Waals surface area (Å²) in [4.78, 5) is 0. The van der Waals surface area contributed by atoms with Gasteiger partial charge >= 0.3 is 0 Å². The molecule has 0 saturated heterocycles. The molecule has 1 N–H and O–H groups in total. The van der Waals surface area contributed by atoms with E-state index in [1.807, 2.05) is 12.1 Å². The smallest absolute Gasteiger partial charge is 0.123 e. The Bertz CT molecular complexity index is 381. The van der Waals surface area contributed by atoms with Gasteiger partial charge in [-0.05, 0) is 31.2 Å². The first-order valence-electron chi connectivity index (χ1n) is 7.79. The Morgan fingerprint density at radius 3 is 2.55 bits per heavy atom. The Kier molecular flexibility index (Phi) is 8.95. The Balaban J connectivity index is 2.67. The minimum atomic E-state index is 0.383. The molecule has 0 aromatic heterocycles. The van der Waals surface area contributed by atoms with Crippen molar-refractivity contribution >= 4 is 15.9 Å². The Labute approximate surface area is 132 Å². The van der Waals surface area contributed by atoms with Crippen molar-refractivity contribution in [2.45, 2.75) is 58.4 Å². The van der Waals surface area contributed by atoms with Crippen LogP contribution >= 0.6 is 15.9 Å². The van der Waals surface area contributed by atoms with Gasteiger partial charge in [-0.2, -0.15) is 0 Å². The van der Waals surface area contributed by atoms with Crippen molar-refractivity contribution in [1.29, 1.82) is 0 Å². The van der Waals surface area contributed by atoms with Crippen molar-refractivity contribution in [1.82, 2.24) is 5.32 Å². The SMILES string of the molecule is CCCCCCCC(NCC)c1cc(Br)ccc1OC. The molecule has 3 heteroatoms. The predicted octanol–water partition coefficient (Wildman–Crippen LogP) is 5.47. The third-order valence-corrected chi connectivity index (χ3v) is 4.11. The Hall–Kier alpha value is -0.540. The van der Waals surface area contributed by atoms with E-state index in [0.717, 1.165) is 16.8 Å². The molecule has 1 unspecified atom stereocenters. The summed E-state index contributed by atoms with van der Waals surface area (Å²) in [5, 5.41) is 3.59. The van der Waals surface area contributed by atoms with Crippen LogP contribution in [0.2, 0.25) is 0 Å². The van der Waals surface area contributed by atoms with E-state index in [0.29, 0.717) is 6.04 Å². The fraction of sp³-hybridized carbons (Fsp3) is 0.647. The van der Waals surface area contributed by atoms with Crippen molar-refractivity contribution < 1.29 is 4.74 Å². The summed E-state index contributed by atoms with van der Waals surface area (Å²) >= 11 is 3.56. The first-order valence-corrected chi connectivity index (χ1v) is 8.59. The fourth-order valence-electron chi connectivity index (χ4n) is 2.54. The van der Waals surface area contributed by atoms with E-state index in [9.17, 15) is 0 Å². The van der Waals surface area contributed by atoms with E-state index in [4.69, 9.17) is 4.74 Å². The second-order valence-electron chi connectivity index (χ2n) is 5.20. The lowest BCUT2D eigenvalue weighted by atomic mass is 9.99. The molecule has 1 aromatic carbocycles. The molecule has 0 aliphatic carbocycles. The van der Waals surface area contributed by atoms with Crippen LogP contribution in [0.5, 0.6) is 5.75 Å². The average Bonchev–Trinajstić information content (AvgIpc) is 2.46. The van der Waals surface area contributed by atoms with Crippen LogP contribution < -0.4 is 10.1 Å². The van der Waals surface area contributed by atoms with E-state index in [1.165, 1.54) is 44.1 Å². The van der Waals surface area contributed by atoms with Gasteiger partial charge in [0.1, 0.15) is 5.75 Å². The first-order chi connectivity index (χ1) is 9.72. The van der Waals surface area contributed by atoms with Crippen LogP contribution in [0, 0.1) is 0 Å². The highest BCUT2D eigenvalue weighted by Gasteiger charge is 2.15. The van der Waals surface area contributed by atoms with Gasteiger partial charge < -0.3 is 10.1 Å². The molecule has 1 rings (SSSR count). The van der Waals surface area contributed by atoms with Crippen molar-refractivity contribution in [3.63, 3.8) is 0 Å². The van der Waals surface area contributed by atoms with Crippen LogP contribution in [-0.4, -0.2) is 13.7 Å². The molecule has 0 bridgehead atoms. The number of halogens is 1. The van der Waals surface area contributed by atoms with Gasteiger partial charge in [0.2, 0.25) is 0 Å². The summed E-state index contributed by atoms with van der Waals surface area (Å²) < 4.78 is 6.62. The molecule has 0 amide bonds. The van der Waals surface area contributed by atoms with Gasteiger partial charge in [-0.1, -0.05) is 61.9 Å². The van der Waals surface area contributed by atoms with Crippen molar-refractivity contribution in [2.24, 2.45) is 0 Å². The number of ether oxygens (including phenoxy) is 1. The lowest BCUT2D eigenvalue weighted by Crippen LogP contribution is -2.21. The molecule has 0 radical (unpaired) electrons. The molecule has 1 atom stereocenters. The predicted molar refractivity (Wildman–Crippen MR) is 90.5 cm³/mol. The maximum Gasteiger partial charge on any atom is 0.123 e. The van der Waals surface area contributed by atoms with E-state index in [2.05, 4.69) is 41.2 Å². The molecule has 2 nitrogen and oxygen atoms in total. The molecule has 114 valence electrons. The molecular weight excluding hydrogens is 314 g/mol. The van der Waals surface area contributed by atoms with Crippen LogP contribution in [-0.2, 0) is 0 Å². The van der Waals surface area contributed by atoms with Crippen molar-refractivity contribution in [3.8, 4) is 5.75 Å². The summed E-state index contributed by atoms with van der Waals surface area (Å²) in [6, 6.07) is 6.64. The highest BCUT2D eigenvalue weighted by molar-refractivity contribution is 9.10. The molecule has 20 heavy (non-hydrogen) atoms. The normalized spacial score (nSPS) is 12.4. The number of hydrogen-bond acceptors (Lipinski definition) is 2. The topological polar surface area (TPSA) is 21.3 Å². The monoisotopic (exact) mass is 341 g/mol. The zero-order valence-electron chi connectivity index (χ0n) is 13.0. The van der Waals surface area contributed by atoms with Crippen LogP contribution in [0.25, 0.3) is 0 Å². The lowest BCUT2D eigenvalue weighted by Gasteiger charge is -2.21. The highest BCUT2D eigenvalue weighted by atomic mass is 79.9. The van der Waals surface area contributed by atoms with Crippen LogP contribution in [0.1, 0.15) is 64.0 Å². The van der Waals surface area contributed by atoms with E-state index >= 15 is 0 Å². The highest BCUT2D eigenvalue weighted by Crippen LogP contribution is 2.31. The zero-order chi connectivity index (χ0) is 14.8. The summed E-state index contributed by atoms with van der Waals surface area (Å²) in [6.07, 6.45) is 7.77. The second kappa shape index (κ2) is 10.2. The summed E-state index contributed by atoms with van der Waals surface area (Å²) in [6.45, 7) is 5.40.